The van der Waals surface area contributed by atoms with Crippen LogP contribution in [-0.4, -0.2) is 54.4 Å². The van der Waals surface area contributed by atoms with Crippen LogP contribution in [0.4, 0.5) is 0 Å². The van der Waals surface area contributed by atoms with E-state index in [1.807, 2.05) is 49.6 Å². The average Bonchev–Trinajstić information content (AvgIpc) is 2.94. The smallest absolute Gasteiger partial charge is 0.480 e. The fraction of sp³-hybridized carbons (Fsp3) is 0.562. The number of carbonyl (C=O) groups is 2. The summed E-state index contributed by atoms with van der Waals surface area (Å²) in [7, 11) is 0. The van der Waals surface area contributed by atoms with E-state index in [0.717, 1.165) is 41.7 Å². The number of carbonyl (C=O) groups excluding carboxylic acids is 1. The molecule has 1 aliphatic rings. The normalized spacial score (nSPS) is 15.2. The topological polar surface area (TPSA) is 84.9 Å². The van der Waals surface area contributed by atoms with E-state index in [1.54, 1.807) is 17.8 Å². The summed E-state index contributed by atoms with van der Waals surface area (Å²) in [5, 5.41) is 12.4. The largest absolute Gasteiger partial charge is 1.00 e. The predicted molar refractivity (Wildman–Crippen MR) is 159 cm³/mol. The van der Waals surface area contributed by atoms with E-state index in [9.17, 15) is 14.7 Å². The van der Waals surface area contributed by atoms with Crippen LogP contribution in [0.25, 0.3) is 11.1 Å². The minimum atomic E-state index is -1.02. The summed E-state index contributed by atoms with van der Waals surface area (Å²) in [6, 6.07) is 12.7. The molecule has 2 atom stereocenters. The molecule has 0 heterocycles. The molecule has 40 heavy (non-hydrogen) atoms. The molecule has 8 heteroatoms. The number of nitrogens with one attached hydrogen (secondary N) is 1. The van der Waals surface area contributed by atoms with Gasteiger partial charge in [-0.1, -0.05) is 69.4 Å². The van der Waals surface area contributed by atoms with E-state index < -0.39 is 12.0 Å². The first-order valence-electron chi connectivity index (χ1n) is 14.3. The van der Waals surface area contributed by atoms with Gasteiger partial charge >= 0.3 is 24.8 Å². The van der Waals surface area contributed by atoms with Crippen LogP contribution in [0.1, 0.15) is 79.8 Å². The van der Waals surface area contributed by atoms with Gasteiger partial charge in [0, 0.05) is 12.2 Å². The van der Waals surface area contributed by atoms with Crippen LogP contribution >= 0.6 is 11.8 Å². The number of rotatable bonds is 16. The first kappa shape index (κ1) is 34.4. The van der Waals surface area contributed by atoms with Crippen molar-refractivity contribution in [1.29, 1.82) is 0 Å². The molecule has 0 spiro atoms. The molecule has 1 saturated carbocycles. The molecule has 0 aliphatic heterocycles. The molecule has 3 rings (SSSR count). The van der Waals surface area contributed by atoms with Crippen LogP contribution in [-0.2, 0) is 20.9 Å². The van der Waals surface area contributed by atoms with Crippen molar-refractivity contribution >= 4 is 23.6 Å². The molecule has 1 amide bonds. The van der Waals surface area contributed by atoms with Gasteiger partial charge in [0.2, 0.25) is 0 Å². The van der Waals surface area contributed by atoms with Gasteiger partial charge in [0.05, 0.1) is 19.3 Å². The minimum Gasteiger partial charge on any atom is -0.480 e. The number of benzene rings is 2. The third-order valence-electron chi connectivity index (χ3n) is 7.44. The molecule has 2 aromatic rings. The van der Waals surface area contributed by atoms with Gasteiger partial charge in [-0.25, -0.2) is 4.79 Å². The Morgan fingerprint density at radius 2 is 1.85 bits per heavy atom. The van der Waals surface area contributed by atoms with Gasteiger partial charge in [-0.2, -0.15) is 11.8 Å². The molecule has 2 aromatic carbocycles. The Morgan fingerprint density at radius 1 is 1.10 bits per heavy atom. The molecule has 0 aromatic heterocycles. The number of carboxylic acids is 1. The summed E-state index contributed by atoms with van der Waals surface area (Å²) in [5.74, 6) is -0.0512. The fourth-order valence-electron chi connectivity index (χ4n) is 5.26. The molecule has 1 aliphatic carbocycles. The molecule has 6 nitrogen and oxygen atoms in total. The van der Waals surface area contributed by atoms with Crippen LogP contribution in [0.15, 0.2) is 42.5 Å². The van der Waals surface area contributed by atoms with Gasteiger partial charge in [0.15, 0.2) is 0 Å². The van der Waals surface area contributed by atoms with Gasteiger partial charge < -0.3 is 19.9 Å². The Kier molecular flexibility index (Phi) is 16.0. The Morgan fingerprint density at radius 3 is 2.52 bits per heavy atom. The van der Waals surface area contributed by atoms with Crippen molar-refractivity contribution in [2.45, 2.75) is 84.0 Å². The number of amides is 1. The Labute approximate surface area is 256 Å². The van der Waals surface area contributed by atoms with Gasteiger partial charge in [-0.3, -0.25) is 4.79 Å². The summed E-state index contributed by atoms with van der Waals surface area (Å²) < 4.78 is 12.3. The zero-order chi connectivity index (χ0) is 28.0. The van der Waals surface area contributed by atoms with Crippen LogP contribution in [0.3, 0.4) is 0 Å². The SMILES string of the molecule is CCCOCC(CC1CCCCC1)OCc1ccc(C(=O)NC(CCSC)C(=O)O)c(-c2ccccc2C)c1.[Li+]. The Bertz CT molecular complexity index is 1060. The maximum Gasteiger partial charge on any atom is 1.00 e. The second-order valence-electron chi connectivity index (χ2n) is 10.6. The number of hydrogen-bond donors (Lipinski definition) is 2. The van der Waals surface area contributed by atoms with E-state index in [-0.39, 0.29) is 30.9 Å². The number of ether oxygens (including phenoxy) is 2. The van der Waals surface area contributed by atoms with Crippen LogP contribution < -0.4 is 24.2 Å². The second kappa shape index (κ2) is 18.6. The average molecular weight is 563 g/mol. The fourth-order valence-corrected chi connectivity index (χ4v) is 5.73. The third-order valence-corrected chi connectivity index (χ3v) is 8.08. The van der Waals surface area contributed by atoms with Crippen LogP contribution in [0, 0.1) is 12.8 Å². The molecule has 2 unspecified atom stereocenters. The van der Waals surface area contributed by atoms with Crippen molar-refractivity contribution in [2.75, 3.05) is 25.2 Å². The van der Waals surface area contributed by atoms with Crippen LogP contribution in [0.5, 0.6) is 0 Å². The second-order valence-corrected chi connectivity index (χ2v) is 11.6. The molecule has 214 valence electrons. The first-order valence-corrected chi connectivity index (χ1v) is 15.7. The van der Waals surface area contributed by atoms with E-state index in [4.69, 9.17) is 9.47 Å². The van der Waals surface area contributed by atoms with Crippen molar-refractivity contribution in [1.82, 2.24) is 5.32 Å². The van der Waals surface area contributed by atoms with Crippen molar-refractivity contribution in [3.63, 3.8) is 0 Å². The number of carboxylic acid groups (broad SMARTS) is 1. The van der Waals surface area contributed by atoms with E-state index in [0.29, 0.717) is 36.9 Å². The summed E-state index contributed by atoms with van der Waals surface area (Å²) in [6.07, 6.45) is 10.8. The molecule has 0 radical (unpaired) electrons. The summed E-state index contributed by atoms with van der Waals surface area (Å²) in [4.78, 5) is 25.1. The van der Waals surface area contributed by atoms with Gasteiger partial charge in [0.1, 0.15) is 6.04 Å². The van der Waals surface area contributed by atoms with Crippen molar-refractivity contribution in [2.24, 2.45) is 5.92 Å². The predicted octanol–water partition coefficient (Wildman–Crippen LogP) is 3.88. The van der Waals surface area contributed by atoms with Crippen molar-refractivity contribution in [3.05, 3.63) is 59.2 Å². The van der Waals surface area contributed by atoms with Gasteiger partial charge in [-0.05, 0) is 78.5 Å². The minimum absolute atomic E-state index is 0. The number of aryl methyl sites for hydroxylation is 1. The molecule has 2 N–H and O–H groups in total. The Balaban J connectivity index is 0.00000560. The molecular formula is C32H45LiNO5S+. The van der Waals surface area contributed by atoms with Gasteiger partial charge in [-0.15, -0.1) is 0 Å². The molecule has 0 saturated heterocycles. The number of aliphatic carboxylic acids is 1. The monoisotopic (exact) mass is 562 g/mol. The summed E-state index contributed by atoms with van der Waals surface area (Å²) in [5.41, 5.74) is 4.22. The van der Waals surface area contributed by atoms with Gasteiger partial charge in [0.25, 0.3) is 5.91 Å². The molecule has 1 fully saturated rings. The van der Waals surface area contributed by atoms with E-state index in [1.165, 1.54) is 32.1 Å². The van der Waals surface area contributed by atoms with Crippen LogP contribution in [0.2, 0.25) is 0 Å². The first-order chi connectivity index (χ1) is 18.9. The third kappa shape index (κ3) is 10.9. The molecular weight excluding hydrogens is 517 g/mol. The Hall–Kier alpha value is -1.75. The standard InChI is InChI=1S/C32H45NO5S.Li/c1-4-17-37-22-26(19-24-11-6-5-7-12-24)38-21-25-14-15-28(29(20-25)27-13-9-8-10-23(27)2)31(34)33-30(32(35)36)16-18-39-3;/h8-10,13-15,20,24,26,30H,4-7,11-12,16-19,21-22H2,1-3H3,(H,33,34)(H,35,36);/q;+1. The zero-order valence-electron chi connectivity index (χ0n) is 24.7. The maximum atomic E-state index is 13.3. The maximum absolute atomic E-state index is 13.3. The summed E-state index contributed by atoms with van der Waals surface area (Å²) >= 11 is 1.56. The van der Waals surface area contributed by atoms with Crippen molar-refractivity contribution < 1.29 is 43.0 Å². The van der Waals surface area contributed by atoms with Crippen molar-refractivity contribution in [3.8, 4) is 11.1 Å². The molecule has 0 bridgehead atoms. The quantitative estimate of drug-likeness (QED) is 0.239. The number of thioether (sulfide) groups is 1. The summed E-state index contributed by atoms with van der Waals surface area (Å²) in [6.45, 7) is 5.90. The van der Waals surface area contributed by atoms with E-state index >= 15 is 0 Å². The number of hydrogen-bond acceptors (Lipinski definition) is 5. The van der Waals surface area contributed by atoms with E-state index in [2.05, 4.69) is 12.2 Å². The zero-order valence-corrected chi connectivity index (χ0v) is 25.6.